The van der Waals surface area contributed by atoms with Gasteiger partial charge < -0.3 is 15.8 Å². The van der Waals surface area contributed by atoms with E-state index in [-0.39, 0.29) is 24.0 Å². The number of pyridine rings is 1. The van der Waals surface area contributed by atoms with Gasteiger partial charge in [0.1, 0.15) is 6.61 Å². The molecule has 1 aromatic rings. The molecule has 0 saturated heterocycles. The van der Waals surface area contributed by atoms with E-state index in [0.29, 0.717) is 30.0 Å². The van der Waals surface area contributed by atoms with Gasteiger partial charge in [0.25, 0.3) is 0 Å². The van der Waals surface area contributed by atoms with Gasteiger partial charge in [-0.15, -0.1) is 24.0 Å². The zero-order valence-corrected chi connectivity index (χ0v) is 11.9. The maximum absolute atomic E-state index is 5.67. The molecule has 0 fully saturated rings. The standard InChI is InChI=1S/C9H13ClN4O.HI/c1-12-9(11)13-4-5-15-8-3-2-7(10)6-14-8;/h2-3,6H,4-5H2,1H3,(H3,11,12,13);1H. The van der Waals surface area contributed by atoms with E-state index in [4.69, 9.17) is 22.1 Å². The molecule has 0 saturated carbocycles. The molecule has 0 aliphatic heterocycles. The van der Waals surface area contributed by atoms with E-state index in [9.17, 15) is 0 Å². The Morgan fingerprint density at radius 3 is 2.94 bits per heavy atom. The van der Waals surface area contributed by atoms with Crippen molar-refractivity contribution in [3.05, 3.63) is 23.4 Å². The first-order chi connectivity index (χ1) is 7.22. The summed E-state index contributed by atoms with van der Waals surface area (Å²) in [5.74, 6) is 0.927. The van der Waals surface area contributed by atoms with Crippen LogP contribution in [0.15, 0.2) is 23.3 Å². The molecule has 0 unspecified atom stereocenters. The summed E-state index contributed by atoms with van der Waals surface area (Å²) >= 11 is 5.67. The van der Waals surface area contributed by atoms with Crippen LogP contribution in [0.2, 0.25) is 5.02 Å². The molecule has 0 aliphatic rings. The molecule has 90 valence electrons. The van der Waals surface area contributed by atoms with Gasteiger partial charge in [0, 0.05) is 19.3 Å². The van der Waals surface area contributed by atoms with Crippen LogP contribution in [0.3, 0.4) is 0 Å². The highest BCUT2D eigenvalue weighted by molar-refractivity contribution is 14.0. The molecule has 1 heterocycles. The monoisotopic (exact) mass is 356 g/mol. The van der Waals surface area contributed by atoms with Gasteiger partial charge in [-0.1, -0.05) is 11.6 Å². The highest BCUT2D eigenvalue weighted by Gasteiger charge is 1.95. The van der Waals surface area contributed by atoms with Crippen LogP contribution in [0.25, 0.3) is 0 Å². The predicted molar refractivity (Wildman–Crippen MR) is 75.7 cm³/mol. The molecule has 0 spiro atoms. The van der Waals surface area contributed by atoms with Crippen LogP contribution in [0.4, 0.5) is 0 Å². The second-order valence-corrected chi connectivity index (χ2v) is 3.14. The van der Waals surface area contributed by atoms with Gasteiger partial charge in [0.05, 0.1) is 11.6 Å². The Kier molecular flexibility index (Phi) is 8.00. The van der Waals surface area contributed by atoms with Crippen molar-refractivity contribution in [1.29, 1.82) is 0 Å². The smallest absolute Gasteiger partial charge is 0.213 e. The van der Waals surface area contributed by atoms with Crippen LogP contribution in [0, 0.1) is 0 Å². The van der Waals surface area contributed by atoms with Gasteiger partial charge in [-0.2, -0.15) is 0 Å². The van der Waals surface area contributed by atoms with Crippen LogP contribution < -0.4 is 15.8 Å². The van der Waals surface area contributed by atoms with Crippen molar-refractivity contribution >= 4 is 41.5 Å². The SMILES string of the molecule is CN=C(N)NCCOc1ccc(Cl)cn1.I. The molecule has 0 bridgehead atoms. The molecule has 0 aliphatic carbocycles. The number of nitrogens with zero attached hydrogens (tertiary/aromatic N) is 2. The van der Waals surface area contributed by atoms with E-state index in [1.165, 1.54) is 6.20 Å². The third-order valence-electron chi connectivity index (χ3n) is 1.60. The second-order valence-electron chi connectivity index (χ2n) is 2.70. The third-order valence-corrected chi connectivity index (χ3v) is 1.82. The molecule has 0 radical (unpaired) electrons. The quantitative estimate of drug-likeness (QED) is 0.369. The van der Waals surface area contributed by atoms with E-state index < -0.39 is 0 Å². The Labute approximate surface area is 116 Å². The molecular weight excluding hydrogens is 342 g/mol. The average Bonchev–Trinajstić information content (AvgIpc) is 2.26. The topological polar surface area (TPSA) is 72.5 Å². The predicted octanol–water partition coefficient (Wildman–Crippen LogP) is 1.27. The van der Waals surface area contributed by atoms with Gasteiger partial charge in [0.15, 0.2) is 5.96 Å². The average molecular weight is 357 g/mol. The molecule has 0 amide bonds. The number of aromatic nitrogens is 1. The Morgan fingerprint density at radius 2 is 2.38 bits per heavy atom. The van der Waals surface area contributed by atoms with Crippen molar-refractivity contribution in [2.75, 3.05) is 20.2 Å². The normalized spacial score (nSPS) is 10.5. The Bertz CT molecular complexity index is 331. The van der Waals surface area contributed by atoms with Gasteiger partial charge >= 0.3 is 0 Å². The molecule has 0 atom stereocenters. The Hall–Kier alpha value is -0.760. The third kappa shape index (κ3) is 5.96. The minimum atomic E-state index is 0. The lowest BCUT2D eigenvalue weighted by atomic mass is 10.5. The van der Waals surface area contributed by atoms with Crippen LogP contribution in [0.1, 0.15) is 0 Å². The van der Waals surface area contributed by atoms with Crippen molar-refractivity contribution in [2.24, 2.45) is 10.7 Å². The van der Waals surface area contributed by atoms with Gasteiger partial charge in [-0.05, 0) is 6.07 Å². The lowest BCUT2D eigenvalue weighted by Crippen LogP contribution is -2.34. The number of rotatable bonds is 4. The fourth-order valence-corrected chi connectivity index (χ4v) is 0.973. The molecule has 1 aromatic heterocycles. The Morgan fingerprint density at radius 1 is 1.62 bits per heavy atom. The van der Waals surface area contributed by atoms with Crippen LogP contribution >= 0.6 is 35.6 Å². The van der Waals surface area contributed by atoms with E-state index in [1.54, 1.807) is 19.2 Å². The lowest BCUT2D eigenvalue weighted by Gasteiger charge is -2.06. The van der Waals surface area contributed by atoms with Crippen LogP contribution in [-0.4, -0.2) is 31.1 Å². The maximum atomic E-state index is 5.67. The molecular formula is C9H14ClIN4O. The summed E-state index contributed by atoms with van der Waals surface area (Å²) in [5, 5.41) is 3.45. The number of nitrogens with two attached hydrogens (primary N) is 1. The minimum Gasteiger partial charge on any atom is -0.476 e. The Balaban J connectivity index is 0.00000225. The fourth-order valence-electron chi connectivity index (χ4n) is 0.861. The number of aliphatic imine (C=N–C) groups is 1. The van der Waals surface area contributed by atoms with Gasteiger partial charge in [-0.3, -0.25) is 4.99 Å². The summed E-state index contributed by atoms with van der Waals surface area (Å²) in [6, 6.07) is 3.43. The van der Waals surface area contributed by atoms with Gasteiger partial charge in [-0.25, -0.2) is 4.98 Å². The first-order valence-electron chi connectivity index (χ1n) is 4.43. The summed E-state index contributed by atoms with van der Waals surface area (Å²) in [6.07, 6.45) is 1.53. The number of guanidine groups is 1. The van der Waals surface area contributed by atoms with Crippen molar-refractivity contribution in [2.45, 2.75) is 0 Å². The number of halogens is 2. The largest absolute Gasteiger partial charge is 0.476 e. The number of ether oxygens (including phenoxy) is 1. The molecule has 16 heavy (non-hydrogen) atoms. The summed E-state index contributed by atoms with van der Waals surface area (Å²) in [5.41, 5.74) is 5.42. The number of nitrogens with one attached hydrogen (secondary N) is 1. The maximum Gasteiger partial charge on any atom is 0.213 e. The van der Waals surface area contributed by atoms with Crippen LogP contribution in [0.5, 0.6) is 5.88 Å². The minimum absolute atomic E-state index is 0. The molecule has 1 rings (SSSR count). The molecule has 0 aromatic carbocycles. The summed E-state index contributed by atoms with van der Waals surface area (Å²) in [4.78, 5) is 7.71. The summed E-state index contributed by atoms with van der Waals surface area (Å²) < 4.78 is 5.31. The molecule has 3 N–H and O–H groups in total. The van der Waals surface area contributed by atoms with Gasteiger partial charge in [0.2, 0.25) is 5.88 Å². The van der Waals surface area contributed by atoms with E-state index >= 15 is 0 Å². The first kappa shape index (κ1) is 15.2. The van der Waals surface area contributed by atoms with Crippen molar-refractivity contribution in [3.8, 4) is 5.88 Å². The highest BCUT2D eigenvalue weighted by Crippen LogP contribution is 2.10. The second kappa shape index (κ2) is 8.40. The summed E-state index contributed by atoms with van der Waals surface area (Å²) in [7, 11) is 1.62. The zero-order chi connectivity index (χ0) is 11.1. The lowest BCUT2D eigenvalue weighted by molar-refractivity contribution is 0.310. The van der Waals surface area contributed by atoms with Crippen molar-refractivity contribution < 1.29 is 4.74 Å². The van der Waals surface area contributed by atoms with E-state index in [1.807, 2.05) is 0 Å². The van der Waals surface area contributed by atoms with Crippen molar-refractivity contribution in [3.63, 3.8) is 0 Å². The first-order valence-corrected chi connectivity index (χ1v) is 4.80. The number of hydrogen-bond acceptors (Lipinski definition) is 3. The highest BCUT2D eigenvalue weighted by atomic mass is 127. The van der Waals surface area contributed by atoms with Crippen molar-refractivity contribution in [1.82, 2.24) is 10.3 Å². The fraction of sp³-hybridized carbons (Fsp3) is 0.333. The summed E-state index contributed by atoms with van der Waals surface area (Å²) in [6.45, 7) is 1.04. The van der Waals surface area contributed by atoms with E-state index in [0.717, 1.165) is 0 Å². The zero-order valence-electron chi connectivity index (χ0n) is 8.81. The number of hydrogen-bond donors (Lipinski definition) is 2. The van der Waals surface area contributed by atoms with Crippen LogP contribution in [-0.2, 0) is 0 Å². The molecule has 7 heteroatoms. The molecule has 5 nitrogen and oxygen atoms in total. The van der Waals surface area contributed by atoms with E-state index in [2.05, 4.69) is 15.3 Å².